The van der Waals surface area contributed by atoms with Crippen molar-refractivity contribution < 1.29 is 4.74 Å². The molecule has 0 amide bonds. The molecule has 1 aliphatic rings. The van der Waals surface area contributed by atoms with Crippen LogP contribution in [0.3, 0.4) is 0 Å². The number of imidazole rings is 1. The van der Waals surface area contributed by atoms with Gasteiger partial charge in [0, 0.05) is 12.2 Å². The van der Waals surface area contributed by atoms with Gasteiger partial charge < -0.3 is 14.6 Å². The predicted molar refractivity (Wildman–Crippen MR) is 72.8 cm³/mol. The van der Waals surface area contributed by atoms with Crippen molar-refractivity contribution in [3.05, 3.63) is 17.7 Å². The van der Waals surface area contributed by atoms with E-state index in [1.807, 2.05) is 6.33 Å². The molecule has 1 aromatic heterocycles. The summed E-state index contributed by atoms with van der Waals surface area (Å²) < 4.78 is 8.28. The van der Waals surface area contributed by atoms with Crippen LogP contribution >= 0.6 is 0 Å². The zero-order valence-electron chi connectivity index (χ0n) is 11.8. The maximum absolute atomic E-state index is 6.07. The van der Waals surface area contributed by atoms with E-state index >= 15 is 0 Å². The van der Waals surface area contributed by atoms with Crippen LogP contribution in [0.15, 0.2) is 6.33 Å². The summed E-state index contributed by atoms with van der Waals surface area (Å²) in [6.07, 6.45) is 6.20. The van der Waals surface area contributed by atoms with Crippen molar-refractivity contribution in [1.82, 2.24) is 14.9 Å². The van der Waals surface area contributed by atoms with E-state index in [2.05, 4.69) is 35.6 Å². The number of hydrogen-bond acceptors (Lipinski definition) is 3. The van der Waals surface area contributed by atoms with Gasteiger partial charge in [0.2, 0.25) is 0 Å². The van der Waals surface area contributed by atoms with Gasteiger partial charge in [0.25, 0.3) is 0 Å². The molecule has 1 saturated heterocycles. The monoisotopic (exact) mass is 251 g/mol. The largest absolute Gasteiger partial charge is 0.372 e. The van der Waals surface area contributed by atoms with Crippen molar-refractivity contribution in [2.45, 2.75) is 58.8 Å². The van der Waals surface area contributed by atoms with Gasteiger partial charge in [-0.15, -0.1) is 0 Å². The second kappa shape index (κ2) is 6.34. The first-order valence-electron chi connectivity index (χ1n) is 7.05. The Morgan fingerprint density at radius 2 is 2.17 bits per heavy atom. The first-order valence-corrected chi connectivity index (χ1v) is 7.05. The summed E-state index contributed by atoms with van der Waals surface area (Å²) in [5.74, 6) is 0. The van der Waals surface area contributed by atoms with Crippen LogP contribution in [-0.2, 0) is 11.3 Å². The van der Waals surface area contributed by atoms with E-state index in [9.17, 15) is 0 Å². The standard InChI is InChI=1S/C14H25N3O/c1-4-7-15-8-13-5-6-14(18-13)9-17-10-16-11(2)12(17)3/h10,13-15H,4-9H2,1-3H3. The Balaban J connectivity index is 1.77. The molecule has 0 spiro atoms. The molecule has 0 aliphatic carbocycles. The first kappa shape index (κ1) is 13.6. The van der Waals surface area contributed by atoms with Gasteiger partial charge in [0.05, 0.1) is 30.8 Å². The third-order valence-electron chi connectivity index (χ3n) is 3.74. The van der Waals surface area contributed by atoms with Crippen LogP contribution in [0.2, 0.25) is 0 Å². The fraction of sp³-hybridized carbons (Fsp3) is 0.786. The number of aromatic nitrogens is 2. The molecule has 0 bridgehead atoms. The zero-order chi connectivity index (χ0) is 13.0. The van der Waals surface area contributed by atoms with Crippen molar-refractivity contribution >= 4 is 0 Å². The van der Waals surface area contributed by atoms with Crippen molar-refractivity contribution in [3.63, 3.8) is 0 Å². The first-order chi connectivity index (χ1) is 8.70. The van der Waals surface area contributed by atoms with Gasteiger partial charge in [0.1, 0.15) is 0 Å². The summed E-state index contributed by atoms with van der Waals surface area (Å²) in [6.45, 7) is 9.39. The van der Waals surface area contributed by atoms with Crippen LogP contribution in [0.5, 0.6) is 0 Å². The number of nitrogens with zero attached hydrogens (tertiary/aromatic N) is 2. The summed E-state index contributed by atoms with van der Waals surface area (Å²) in [6, 6.07) is 0. The summed E-state index contributed by atoms with van der Waals surface area (Å²) >= 11 is 0. The number of ether oxygens (including phenoxy) is 1. The molecule has 2 unspecified atom stereocenters. The second-order valence-corrected chi connectivity index (χ2v) is 5.23. The molecule has 1 fully saturated rings. The minimum Gasteiger partial charge on any atom is -0.372 e. The van der Waals surface area contributed by atoms with Gasteiger partial charge in [0.15, 0.2) is 0 Å². The quantitative estimate of drug-likeness (QED) is 0.787. The molecule has 0 saturated carbocycles. The Hall–Kier alpha value is -0.870. The lowest BCUT2D eigenvalue weighted by atomic mass is 10.2. The third kappa shape index (κ3) is 3.33. The summed E-state index contributed by atoms with van der Waals surface area (Å²) in [7, 11) is 0. The molecule has 1 aromatic rings. The van der Waals surface area contributed by atoms with Crippen LogP contribution in [0.1, 0.15) is 37.6 Å². The van der Waals surface area contributed by atoms with Crippen molar-refractivity contribution in [3.8, 4) is 0 Å². The number of rotatable bonds is 6. The second-order valence-electron chi connectivity index (χ2n) is 5.23. The molecule has 0 aromatic carbocycles. The maximum atomic E-state index is 6.07. The Morgan fingerprint density at radius 1 is 1.39 bits per heavy atom. The van der Waals surface area contributed by atoms with E-state index < -0.39 is 0 Å². The van der Waals surface area contributed by atoms with Gasteiger partial charge in [-0.1, -0.05) is 6.92 Å². The van der Waals surface area contributed by atoms with Crippen LogP contribution in [-0.4, -0.2) is 34.8 Å². The van der Waals surface area contributed by atoms with Crippen LogP contribution in [0, 0.1) is 13.8 Å². The Labute approximate surface area is 110 Å². The average molecular weight is 251 g/mol. The van der Waals surface area contributed by atoms with Gasteiger partial charge >= 0.3 is 0 Å². The maximum Gasteiger partial charge on any atom is 0.0952 e. The normalized spacial score (nSPS) is 23.7. The zero-order valence-corrected chi connectivity index (χ0v) is 11.8. The lowest BCUT2D eigenvalue weighted by Gasteiger charge is -2.15. The molecule has 0 radical (unpaired) electrons. The fourth-order valence-corrected chi connectivity index (χ4v) is 2.45. The molecule has 18 heavy (non-hydrogen) atoms. The lowest BCUT2D eigenvalue weighted by molar-refractivity contribution is 0.0359. The van der Waals surface area contributed by atoms with Crippen molar-refractivity contribution in [2.24, 2.45) is 0 Å². The van der Waals surface area contributed by atoms with Gasteiger partial charge in [-0.05, 0) is 39.7 Å². The fourth-order valence-electron chi connectivity index (χ4n) is 2.45. The van der Waals surface area contributed by atoms with Crippen molar-refractivity contribution in [1.29, 1.82) is 0 Å². The highest BCUT2D eigenvalue weighted by molar-refractivity contribution is 5.08. The molecular weight excluding hydrogens is 226 g/mol. The smallest absolute Gasteiger partial charge is 0.0952 e. The summed E-state index contributed by atoms with van der Waals surface area (Å²) in [4.78, 5) is 4.33. The van der Waals surface area contributed by atoms with Crippen LogP contribution in [0.25, 0.3) is 0 Å². The number of aryl methyl sites for hydroxylation is 1. The predicted octanol–water partition coefficient (Wildman–Crippen LogP) is 2.05. The van der Waals surface area contributed by atoms with E-state index in [0.717, 1.165) is 31.7 Å². The highest BCUT2D eigenvalue weighted by Crippen LogP contribution is 2.21. The highest BCUT2D eigenvalue weighted by Gasteiger charge is 2.25. The molecule has 4 nitrogen and oxygen atoms in total. The van der Waals surface area contributed by atoms with E-state index in [1.165, 1.54) is 18.5 Å². The Kier molecular flexibility index (Phi) is 4.78. The topological polar surface area (TPSA) is 39.1 Å². The average Bonchev–Trinajstić information content (AvgIpc) is 2.92. The summed E-state index contributed by atoms with van der Waals surface area (Å²) in [5, 5.41) is 3.43. The van der Waals surface area contributed by atoms with E-state index in [4.69, 9.17) is 4.74 Å². The van der Waals surface area contributed by atoms with E-state index in [1.54, 1.807) is 0 Å². The molecule has 1 N–H and O–H groups in total. The number of hydrogen-bond donors (Lipinski definition) is 1. The van der Waals surface area contributed by atoms with Crippen LogP contribution in [0.4, 0.5) is 0 Å². The van der Waals surface area contributed by atoms with Crippen LogP contribution < -0.4 is 5.32 Å². The number of nitrogens with one attached hydrogen (secondary N) is 1. The molecule has 4 heteroatoms. The molecular formula is C14H25N3O. The third-order valence-corrected chi connectivity index (χ3v) is 3.74. The Bertz CT molecular complexity index is 375. The molecule has 2 atom stereocenters. The van der Waals surface area contributed by atoms with Gasteiger partial charge in [-0.25, -0.2) is 4.98 Å². The highest BCUT2D eigenvalue weighted by atomic mass is 16.5. The minimum absolute atomic E-state index is 0.353. The van der Waals surface area contributed by atoms with E-state index in [0.29, 0.717) is 12.2 Å². The SMILES string of the molecule is CCCNCC1CCC(Cn2cnc(C)c2C)O1. The summed E-state index contributed by atoms with van der Waals surface area (Å²) in [5.41, 5.74) is 2.38. The molecule has 1 aliphatic heterocycles. The lowest BCUT2D eigenvalue weighted by Crippen LogP contribution is -2.28. The minimum atomic E-state index is 0.353. The molecule has 102 valence electrons. The van der Waals surface area contributed by atoms with Gasteiger partial charge in [-0.3, -0.25) is 0 Å². The molecule has 2 heterocycles. The van der Waals surface area contributed by atoms with E-state index in [-0.39, 0.29) is 0 Å². The van der Waals surface area contributed by atoms with Gasteiger partial charge in [-0.2, -0.15) is 0 Å². The Morgan fingerprint density at radius 3 is 2.83 bits per heavy atom. The molecule has 2 rings (SSSR count). The van der Waals surface area contributed by atoms with Crippen molar-refractivity contribution in [2.75, 3.05) is 13.1 Å².